The molecule has 5 nitrogen and oxygen atoms in total. The quantitative estimate of drug-likeness (QED) is 0.838. The molecule has 20 heavy (non-hydrogen) atoms. The Kier molecular flexibility index (Phi) is 4.25. The summed E-state index contributed by atoms with van der Waals surface area (Å²) in [4.78, 5) is 13.7. The molecule has 0 heterocycles. The Bertz CT molecular complexity index is 627. The van der Waals surface area contributed by atoms with Crippen LogP contribution in [0.3, 0.4) is 0 Å². The number of hydrogen-bond donors (Lipinski definition) is 1. The van der Waals surface area contributed by atoms with Crippen LogP contribution in [0.1, 0.15) is 19.8 Å². The molecule has 0 atom stereocenters. The number of benzene rings is 1. The minimum Gasteiger partial charge on any atom is -0.399 e. The molecule has 1 aromatic rings. The highest BCUT2D eigenvalue weighted by Crippen LogP contribution is 2.28. The Morgan fingerprint density at radius 3 is 2.60 bits per heavy atom. The van der Waals surface area contributed by atoms with Gasteiger partial charge in [-0.25, -0.2) is 8.42 Å². The molecule has 1 amide bonds. The average molecular weight is 317 g/mol. The topological polar surface area (TPSA) is 80.5 Å². The monoisotopic (exact) mass is 316 g/mol. The van der Waals surface area contributed by atoms with E-state index in [-0.39, 0.29) is 21.9 Å². The number of hydrogen-bond acceptors (Lipinski definition) is 4. The van der Waals surface area contributed by atoms with Gasteiger partial charge in [-0.2, -0.15) is 0 Å². The minimum absolute atomic E-state index is 0.0476. The van der Waals surface area contributed by atoms with Gasteiger partial charge in [0.1, 0.15) is 5.75 Å². The normalized spacial score (nSPS) is 15.1. The Morgan fingerprint density at radius 1 is 1.45 bits per heavy atom. The van der Waals surface area contributed by atoms with Crippen LogP contribution >= 0.6 is 11.6 Å². The van der Waals surface area contributed by atoms with Crippen molar-refractivity contribution in [3.63, 3.8) is 0 Å². The Labute approximate surface area is 123 Å². The van der Waals surface area contributed by atoms with E-state index in [0.717, 1.165) is 12.8 Å². The van der Waals surface area contributed by atoms with E-state index in [4.69, 9.17) is 17.3 Å². The maximum absolute atomic E-state index is 12.3. The molecule has 2 N–H and O–H groups in total. The smallest absolute Gasteiger partial charge is 0.238 e. The van der Waals surface area contributed by atoms with Gasteiger partial charge in [-0.15, -0.1) is 0 Å². The summed E-state index contributed by atoms with van der Waals surface area (Å²) in [5.41, 5.74) is 5.92. The number of carbonyl (C=O) groups is 1. The molecule has 7 heteroatoms. The van der Waals surface area contributed by atoms with E-state index in [1.54, 1.807) is 4.90 Å². The molecule has 0 spiro atoms. The van der Waals surface area contributed by atoms with E-state index in [1.807, 2.05) is 6.92 Å². The zero-order chi connectivity index (χ0) is 14.9. The van der Waals surface area contributed by atoms with Crippen LogP contribution in [-0.4, -0.2) is 37.6 Å². The Morgan fingerprint density at radius 2 is 2.10 bits per heavy atom. The summed E-state index contributed by atoms with van der Waals surface area (Å²) in [6.07, 6.45) is 1.89. The van der Waals surface area contributed by atoms with E-state index in [2.05, 4.69) is 0 Å². The van der Waals surface area contributed by atoms with Crippen molar-refractivity contribution in [1.29, 1.82) is 0 Å². The number of anilines is 1. The summed E-state index contributed by atoms with van der Waals surface area (Å²) in [5, 5.41) is 0.0484. The number of amides is 1. The van der Waals surface area contributed by atoms with Gasteiger partial charge in [0.05, 0.1) is 9.92 Å². The second kappa shape index (κ2) is 5.61. The lowest BCUT2D eigenvalue weighted by Crippen LogP contribution is -2.37. The molecule has 1 aliphatic carbocycles. The zero-order valence-corrected chi connectivity index (χ0v) is 12.7. The first-order chi connectivity index (χ1) is 9.35. The average Bonchev–Trinajstić information content (AvgIpc) is 3.12. The molecule has 0 aromatic heterocycles. The fourth-order valence-electron chi connectivity index (χ4n) is 2.12. The number of sulfone groups is 1. The van der Waals surface area contributed by atoms with Gasteiger partial charge >= 0.3 is 0 Å². The Hall–Kier alpha value is -1.27. The van der Waals surface area contributed by atoms with Crippen LogP contribution in [0.15, 0.2) is 23.1 Å². The Balaban J connectivity index is 2.20. The lowest BCUT2D eigenvalue weighted by Gasteiger charge is -2.20. The van der Waals surface area contributed by atoms with E-state index in [9.17, 15) is 13.2 Å². The lowest BCUT2D eigenvalue weighted by molar-refractivity contribution is -0.128. The van der Waals surface area contributed by atoms with Crippen molar-refractivity contribution in [2.75, 3.05) is 18.0 Å². The van der Waals surface area contributed by atoms with Crippen LogP contribution in [0.25, 0.3) is 0 Å². The standard InChI is InChI=1S/C13H17ClN2O3S/c1-2-16(10-4-5-10)13(17)8-20(18,19)12-6-3-9(15)7-11(12)14/h3,6-7,10H,2,4-5,8,15H2,1H3. The second-order valence-electron chi connectivity index (χ2n) is 4.86. The third-order valence-corrected chi connectivity index (χ3v) is 5.33. The van der Waals surface area contributed by atoms with Gasteiger partial charge in [-0.3, -0.25) is 4.79 Å². The third kappa shape index (κ3) is 3.24. The number of nitrogen functional groups attached to an aromatic ring is 1. The second-order valence-corrected chi connectivity index (χ2v) is 7.23. The van der Waals surface area contributed by atoms with E-state index in [0.29, 0.717) is 12.2 Å². The highest BCUT2D eigenvalue weighted by atomic mass is 35.5. The number of nitrogens with zero attached hydrogens (tertiary/aromatic N) is 1. The van der Waals surface area contributed by atoms with Gasteiger partial charge in [0.25, 0.3) is 0 Å². The van der Waals surface area contributed by atoms with Crippen molar-refractivity contribution in [3.8, 4) is 0 Å². The van der Waals surface area contributed by atoms with E-state index >= 15 is 0 Å². The molecule has 1 saturated carbocycles. The van der Waals surface area contributed by atoms with Crippen LogP contribution in [0.2, 0.25) is 5.02 Å². The number of halogens is 1. The van der Waals surface area contributed by atoms with Gasteiger partial charge in [0, 0.05) is 18.3 Å². The summed E-state index contributed by atoms with van der Waals surface area (Å²) in [5.74, 6) is -0.927. The number of carbonyl (C=O) groups excluding carboxylic acids is 1. The first-order valence-electron chi connectivity index (χ1n) is 6.42. The van der Waals surface area contributed by atoms with Crippen molar-refractivity contribution < 1.29 is 13.2 Å². The van der Waals surface area contributed by atoms with E-state index < -0.39 is 15.6 Å². The van der Waals surface area contributed by atoms with Crippen LogP contribution in [-0.2, 0) is 14.6 Å². The molecular formula is C13H17ClN2O3S. The molecule has 1 aromatic carbocycles. The fraction of sp³-hybridized carbons (Fsp3) is 0.462. The number of rotatable bonds is 5. The molecule has 1 aliphatic rings. The van der Waals surface area contributed by atoms with E-state index in [1.165, 1.54) is 18.2 Å². The molecule has 2 rings (SSSR count). The first kappa shape index (κ1) is 15.1. The van der Waals surface area contributed by atoms with Crippen LogP contribution in [0.4, 0.5) is 5.69 Å². The zero-order valence-electron chi connectivity index (χ0n) is 11.2. The van der Waals surface area contributed by atoms with Gasteiger partial charge in [0.15, 0.2) is 9.84 Å². The van der Waals surface area contributed by atoms with Gasteiger partial charge in [0.2, 0.25) is 5.91 Å². The molecule has 0 unspecified atom stereocenters. The van der Waals surface area contributed by atoms with Crippen LogP contribution in [0.5, 0.6) is 0 Å². The predicted octanol–water partition coefficient (Wildman–Crippen LogP) is 1.71. The van der Waals surface area contributed by atoms with Crippen LogP contribution in [0, 0.1) is 0 Å². The summed E-state index contributed by atoms with van der Waals surface area (Å²) >= 11 is 5.90. The SMILES string of the molecule is CCN(C(=O)CS(=O)(=O)c1ccc(N)cc1Cl)C1CC1. The minimum atomic E-state index is -3.75. The van der Waals surface area contributed by atoms with Gasteiger partial charge in [-0.05, 0) is 38.0 Å². The molecule has 0 saturated heterocycles. The molecule has 1 fully saturated rings. The fourth-order valence-corrected chi connectivity index (χ4v) is 3.94. The van der Waals surface area contributed by atoms with Crippen molar-refractivity contribution in [2.24, 2.45) is 0 Å². The summed E-state index contributed by atoms with van der Waals surface area (Å²) < 4.78 is 24.5. The molecule has 0 aliphatic heterocycles. The molecule has 0 bridgehead atoms. The van der Waals surface area contributed by atoms with Crippen molar-refractivity contribution >= 4 is 33.0 Å². The highest BCUT2D eigenvalue weighted by Gasteiger charge is 2.34. The largest absolute Gasteiger partial charge is 0.399 e. The first-order valence-corrected chi connectivity index (χ1v) is 8.45. The number of nitrogens with two attached hydrogens (primary N) is 1. The predicted molar refractivity (Wildman–Crippen MR) is 78.3 cm³/mol. The van der Waals surface area contributed by atoms with Gasteiger partial charge < -0.3 is 10.6 Å². The summed E-state index contributed by atoms with van der Waals surface area (Å²) in [6.45, 7) is 2.37. The summed E-state index contributed by atoms with van der Waals surface area (Å²) in [7, 11) is -3.75. The maximum Gasteiger partial charge on any atom is 0.238 e. The van der Waals surface area contributed by atoms with Crippen molar-refractivity contribution in [1.82, 2.24) is 4.90 Å². The molecule has 110 valence electrons. The van der Waals surface area contributed by atoms with Gasteiger partial charge in [-0.1, -0.05) is 11.6 Å². The van der Waals surface area contributed by atoms with Crippen molar-refractivity contribution in [2.45, 2.75) is 30.7 Å². The molecular weight excluding hydrogens is 300 g/mol. The maximum atomic E-state index is 12.3. The van der Waals surface area contributed by atoms with Crippen LogP contribution < -0.4 is 5.73 Å². The third-order valence-electron chi connectivity index (χ3n) is 3.25. The lowest BCUT2D eigenvalue weighted by atomic mass is 10.3. The molecule has 0 radical (unpaired) electrons. The van der Waals surface area contributed by atoms with Crippen molar-refractivity contribution in [3.05, 3.63) is 23.2 Å². The highest BCUT2D eigenvalue weighted by molar-refractivity contribution is 7.92. The summed E-state index contributed by atoms with van der Waals surface area (Å²) in [6, 6.07) is 4.37.